The molecule has 32 heavy (non-hydrogen) atoms. The van der Waals surface area contributed by atoms with Crippen molar-refractivity contribution in [2.75, 3.05) is 0 Å². The summed E-state index contributed by atoms with van der Waals surface area (Å²) in [5.74, 6) is -0.223. The molecule has 0 radical (unpaired) electrons. The highest BCUT2D eigenvalue weighted by molar-refractivity contribution is 7.89. The second kappa shape index (κ2) is 8.32. The van der Waals surface area contributed by atoms with Crippen molar-refractivity contribution in [1.82, 2.24) is 14.8 Å². The minimum atomic E-state index is -3.81. The van der Waals surface area contributed by atoms with E-state index in [0.29, 0.717) is 33.5 Å². The van der Waals surface area contributed by atoms with Gasteiger partial charge in [-0.2, -0.15) is 10.2 Å². The summed E-state index contributed by atoms with van der Waals surface area (Å²) < 4.78 is 24.5. The van der Waals surface area contributed by atoms with Crippen molar-refractivity contribution in [3.63, 3.8) is 0 Å². The van der Waals surface area contributed by atoms with E-state index in [4.69, 9.17) is 28.3 Å². The highest BCUT2D eigenvalue weighted by Crippen LogP contribution is 2.39. The molecule has 0 spiro atoms. The van der Waals surface area contributed by atoms with E-state index < -0.39 is 16.1 Å². The molecule has 2 N–H and O–H groups in total. The molecule has 166 valence electrons. The minimum Gasteiger partial charge on any atom is -0.273 e. The van der Waals surface area contributed by atoms with Crippen LogP contribution in [-0.4, -0.2) is 34.8 Å². The number of sulfonamides is 1. The Morgan fingerprint density at radius 1 is 1.09 bits per heavy atom. The molecule has 1 aromatic heterocycles. The summed E-state index contributed by atoms with van der Waals surface area (Å²) in [6.07, 6.45) is 0.456. The first kappa shape index (κ1) is 22.5. The number of hydrogen-bond donors (Lipinski definition) is 1. The molecule has 0 saturated carbocycles. The first-order valence-electron chi connectivity index (χ1n) is 9.57. The largest absolute Gasteiger partial charge is 0.273 e. The number of aryl methyl sites for hydroxylation is 1. The smallest absolute Gasteiger partial charge is 0.240 e. The van der Waals surface area contributed by atoms with Crippen LogP contribution in [-0.2, 0) is 14.8 Å². The highest BCUT2D eigenvalue weighted by Gasteiger charge is 2.36. The van der Waals surface area contributed by atoms with E-state index in [1.165, 1.54) is 28.7 Å². The highest BCUT2D eigenvalue weighted by atomic mass is 35.5. The fourth-order valence-electron chi connectivity index (χ4n) is 3.68. The van der Waals surface area contributed by atoms with Crippen molar-refractivity contribution in [2.45, 2.75) is 31.2 Å². The Hall–Kier alpha value is -2.72. The lowest BCUT2D eigenvalue weighted by Crippen LogP contribution is -2.24. The van der Waals surface area contributed by atoms with E-state index >= 15 is 0 Å². The summed E-state index contributed by atoms with van der Waals surface area (Å²) in [6.45, 7) is 3.25. The fraction of sp³-hybridized carbons (Fsp3) is 0.190. The Morgan fingerprint density at radius 2 is 1.72 bits per heavy atom. The van der Waals surface area contributed by atoms with Crippen LogP contribution in [0.5, 0.6) is 0 Å². The molecule has 11 heteroatoms. The van der Waals surface area contributed by atoms with Gasteiger partial charge in [-0.25, -0.2) is 23.2 Å². The van der Waals surface area contributed by atoms with Crippen molar-refractivity contribution >= 4 is 44.8 Å². The average Bonchev–Trinajstić information content (AvgIpc) is 3.29. The Balaban J connectivity index is 1.71. The number of aromatic nitrogens is 2. The summed E-state index contributed by atoms with van der Waals surface area (Å²) in [4.78, 5) is 12.3. The summed E-state index contributed by atoms with van der Waals surface area (Å²) in [5.41, 5.74) is 3.47. The third-order valence-corrected chi connectivity index (χ3v) is 6.75. The number of primary sulfonamides is 1. The molecule has 1 aliphatic rings. The molecular weight excluding hydrogens is 473 g/mol. The lowest BCUT2D eigenvalue weighted by molar-refractivity contribution is -0.130. The molecule has 0 bridgehead atoms. The number of carbonyl (C=O) groups excluding carboxylic acids is 1. The van der Waals surface area contributed by atoms with E-state index in [-0.39, 0.29) is 10.8 Å². The van der Waals surface area contributed by atoms with E-state index in [0.717, 1.165) is 11.3 Å². The lowest BCUT2D eigenvalue weighted by Gasteiger charge is -2.20. The molecule has 1 aliphatic heterocycles. The van der Waals surface area contributed by atoms with Crippen LogP contribution in [0, 0.1) is 6.92 Å². The zero-order chi connectivity index (χ0) is 23.2. The normalized spacial score (nSPS) is 16.3. The summed E-state index contributed by atoms with van der Waals surface area (Å²) in [7, 11) is -3.81. The topological polar surface area (TPSA) is 111 Å². The number of amides is 1. The predicted molar refractivity (Wildman–Crippen MR) is 123 cm³/mol. The Kier molecular flexibility index (Phi) is 5.85. The molecule has 3 aromatic rings. The van der Waals surface area contributed by atoms with Crippen LogP contribution in [0.3, 0.4) is 0 Å². The molecular formula is C21H19Cl2N5O3S. The van der Waals surface area contributed by atoms with Crippen molar-refractivity contribution in [3.8, 4) is 5.69 Å². The third-order valence-electron chi connectivity index (χ3n) is 5.20. The van der Waals surface area contributed by atoms with Gasteiger partial charge in [0.25, 0.3) is 0 Å². The van der Waals surface area contributed by atoms with Crippen LogP contribution >= 0.6 is 23.2 Å². The van der Waals surface area contributed by atoms with Gasteiger partial charge in [-0.05, 0) is 48.9 Å². The molecule has 2 aromatic carbocycles. The summed E-state index contributed by atoms with van der Waals surface area (Å²) in [5, 5.41) is 16.5. The van der Waals surface area contributed by atoms with E-state index in [2.05, 4.69) is 10.2 Å². The number of hydrazone groups is 1. The van der Waals surface area contributed by atoms with Gasteiger partial charge in [-0.3, -0.25) is 4.79 Å². The van der Waals surface area contributed by atoms with Crippen molar-refractivity contribution in [1.29, 1.82) is 0 Å². The average molecular weight is 492 g/mol. The summed E-state index contributed by atoms with van der Waals surface area (Å²) >= 11 is 12.7. The van der Waals surface area contributed by atoms with Gasteiger partial charge < -0.3 is 0 Å². The van der Waals surface area contributed by atoms with Crippen LogP contribution in [0.2, 0.25) is 10.2 Å². The molecule has 1 amide bonds. The fourth-order valence-corrected chi connectivity index (χ4v) is 4.72. The van der Waals surface area contributed by atoms with Gasteiger partial charge in [0.05, 0.1) is 28.0 Å². The van der Waals surface area contributed by atoms with E-state index in [1.54, 1.807) is 31.2 Å². The Morgan fingerprint density at radius 3 is 2.28 bits per heavy atom. The lowest BCUT2D eigenvalue weighted by atomic mass is 9.99. The number of hydrogen-bond acceptors (Lipinski definition) is 5. The van der Waals surface area contributed by atoms with Crippen molar-refractivity contribution < 1.29 is 13.2 Å². The molecule has 0 saturated heterocycles. The third kappa shape index (κ3) is 4.16. The number of benzene rings is 2. The van der Waals surface area contributed by atoms with E-state index in [1.807, 2.05) is 12.1 Å². The zero-order valence-electron chi connectivity index (χ0n) is 17.2. The van der Waals surface area contributed by atoms with Crippen molar-refractivity contribution in [3.05, 3.63) is 75.5 Å². The van der Waals surface area contributed by atoms with Crippen LogP contribution in [0.15, 0.2) is 58.5 Å². The first-order chi connectivity index (χ1) is 15.1. The molecule has 0 aliphatic carbocycles. The molecule has 8 nitrogen and oxygen atoms in total. The van der Waals surface area contributed by atoms with Gasteiger partial charge in [0, 0.05) is 23.9 Å². The molecule has 1 unspecified atom stereocenters. The van der Waals surface area contributed by atoms with E-state index in [9.17, 15) is 13.2 Å². The second-order valence-corrected chi connectivity index (χ2v) is 9.73. The Labute approximate surface area is 195 Å². The van der Waals surface area contributed by atoms with Gasteiger partial charge in [0.15, 0.2) is 0 Å². The zero-order valence-corrected chi connectivity index (χ0v) is 19.5. The Bertz CT molecular complexity index is 1330. The van der Waals surface area contributed by atoms with Crippen LogP contribution in [0.4, 0.5) is 0 Å². The summed E-state index contributed by atoms with van der Waals surface area (Å²) in [6, 6.07) is 12.7. The van der Waals surface area contributed by atoms with Gasteiger partial charge in [0.1, 0.15) is 5.15 Å². The quantitative estimate of drug-likeness (QED) is 0.597. The first-order valence-corrected chi connectivity index (χ1v) is 11.9. The minimum absolute atomic E-state index is 0.0129. The monoisotopic (exact) mass is 491 g/mol. The maximum Gasteiger partial charge on any atom is 0.240 e. The van der Waals surface area contributed by atoms with Crippen LogP contribution < -0.4 is 5.14 Å². The predicted octanol–water partition coefficient (Wildman–Crippen LogP) is 3.83. The SMILES string of the molecule is CC(=O)N1N=C(c2ccc(Cl)cc2)CC1c1c(C)nn(-c2ccc(S(N)(=O)=O)cc2)c1Cl. The number of halogens is 2. The number of nitrogens with zero attached hydrogens (tertiary/aromatic N) is 4. The molecule has 0 fully saturated rings. The van der Waals surface area contributed by atoms with Gasteiger partial charge in [0.2, 0.25) is 15.9 Å². The number of nitrogens with two attached hydrogens (primary N) is 1. The maximum absolute atomic E-state index is 12.4. The van der Waals surface area contributed by atoms with Crippen LogP contribution in [0.1, 0.15) is 36.2 Å². The van der Waals surface area contributed by atoms with Gasteiger partial charge >= 0.3 is 0 Å². The van der Waals surface area contributed by atoms with Crippen LogP contribution in [0.25, 0.3) is 5.69 Å². The second-order valence-electron chi connectivity index (χ2n) is 7.38. The van der Waals surface area contributed by atoms with Gasteiger partial charge in [-0.1, -0.05) is 35.3 Å². The molecule has 4 rings (SSSR count). The number of rotatable bonds is 4. The molecule has 1 atom stereocenters. The number of carbonyl (C=O) groups is 1. The standard InChI is InChI=1S/C21H19Cl2N5O3S/c1-12-20(21(23)28(25-12)16-7-9-17(10-8-16)32(24,30)31)19-11-18(26-27(19)13(2)29)14-3-5-15(22)6-4-14/h3-10,19H,11H2,1-2H3,(H2,24,30,31). The maximum atomic E-state index is 12.4. The van der Waals surface area contributed by atoms with Crippen molar-refractivity contribution in [2.24, 2.45) is 10.2 Å². The molecule has 2 heterocycles. The van der Waals surface area contributed by atoms with Gasteiger partial charge in [-0.15, -0.1) is 0 Å².